The average Bonchev–Trinajstić information content (AvgIpc) is 2.55. The summed E-state index contributed by atoms with van der Waals surface area (Å²) in [6.45, 7) is 6.11. The first kappa shape index (κ1) is 16.6. The van der Waals surface area contributed by atoms with Gasteiger partial charge >= 0.3 is 0 Å². The number of hydrogen-bond donors (Lipinski definition) is 0. The molecule has 2 aromatic carbocycles. The summed E-state index contributed by atoms with van der Waals surface area (Å²) in [5, 5.41) is 0. The van der Waals surface area contributed by atoms with E-state index in [-0.39, 0.29) is 11.7 Å². The third-order valence-electron chi connectivity index (χ3n) is 3.72. The standard InChI is InChI=1S/C20H22OS/c1-4-8-15(2)16(3)20(21)17-11-13-19(14-12-17)22-18-9-6-5-7-10-18/h5-14,16H,4H2,1-3H3/b15-8-. The Morgan fingerprint density at radius 3 is 2.23 bits per heavy atom. The largest absolute Gasteiger partial charge is 0.294 e. The number of ketones is 1. The van der Waals surface area contributed by atoms with Gasteiger partial charge in [-0.2, -0.15) is 0 Å². The zero-order valence-electron chi connectivity index (χ0n) is 13.4. The molecule has 0 saturated carbocycles. The molecular formula is C20H22OS. The molecule has 0 aliphatic heterocycles. The van der Waals surface area contributed by atoms with Crippen molar-refractivity contribution in [1.82, 2.24) is 0 Å². The molecule has 0 saturated heterocycles. The molecule has 0 aliphatic carbocycles. The molecule has 1 atom stereocenters. The van der Waals surface area contributed by atoms with Gasteiger partial charge in [0.05, 0.1) is 0 Å². The van der Waals surface area contributed by atoms with Crippen LogP contribution in [0, 0.1) is 5.92 Å². The van der Waals surface area contributed by atoms with E-state index in [2.05, 4.69) is 25.1 Å². The maximum Gasteiger partial charge on any atom is 0.169 e. The minimum atomic E-state index is -0.0485. The molecule has 1 unspecified atom stereocenters. The minimum Gasteiger partial charge on any atom is -0.294 e. The van der Waals surface area contributed by atoms with Crippen molar-refractivity contribution in [2.45, 2.75) is 37.0 Å². The van der Waals surface area contributed by atoms with Gasteiger partial charge in [-0.05, 0) is 37.6 Å². The van der Waals surface area contributed by atoms with E-state index in [0.29, 0.717) is 0 Å². The average molecular weight is 310 g/mol. The van der Waals surface area contributed by atoms with Crippen LogP contribution in [-0.4, -0.2) is 5.78 Å². The van der Waals surface area contributed by atoms with E-state index < -0.39 is 0 Å². The Bertz CT molecular complexity index is 641. The van der Waals surface area contributed by atoms with Crippen LogP contribution in [0.15, 0.2) is 76.0 Å². The lowest BCUT2D eigenvalue weighted by atomic mass is 9.92. The first-order valence-corrected chi connectivity index (χ1v) is 8.47. The van der Waals surface area contributed by atoms with Crippen molar-refractivity contribution in [1.29, 1.82) is 0 Å². The Labute approximate surface area is 137 Å². The molecule has 1 nitrogen and oxygen atoms in total. The van der Waals surface area contributed by atoms with Gasteiger partial charge in [0.1, 0.15) is 0 Å². The summed E-state index contributed by atoms with van der Waals surface area (Å²) in [4.78, 5) is 14.8. The Hall–Kier alpha value is -1.80. The summed E-state index contributed by atoms with van der Waals surface area (Å²) in [5.41, 5.74) is 1.93. The van der Waals surface area contributed by atoms with Crippen LogP contribution >= 0.6 is 11.8 Å². The van der Waals surface area contributed by atoms with Gasteiger partial charge in [0.2, 0.25) is 0 Å². The lowest BCUT2D eigenvalue weighted by molar-refractivity contribution is 0.0948. The van der Waals surface area contributed by atoms with E-state index in [1.165, 1.54) is 4.90 Å². The highest BCUT2D eigenvalue weighted by Gasteiger charge is 2.16. The highest BCUT2D eigenvalue weighted by molar-refractivity contribution is 7.99. The maximum absolute atomic E-state index is 12.5. The van der Waals surface area contributed by atoms with Crippen LogP contribution in [-0.2, 0) is 0 Å². The number of rotatable bonds is 6. The molecule has 0 aliphatic rings. The van der Waals surface area contributed by atoms with Crippen molar-refractivity contribution < 1.29 is 4.79 Å². The fraction of sp³-hybridized carbons (Fsp3) is 0.250. The topological polar surface area (TPSA) is 17.1 Å². The number of hydrogen-bond acceptors (Lipinski definition) is 2. The minimum absolute atomic E-state index is 0.0485. The zero-order valence-corrected chi connectivity index (χ0v) is 14.2. The van der Waals surface area contributed by atoms with Crippen LogP contribution in [0.5, 0.6) is 0 Å². The summed E-state index contributed by atoms with van der Waals surface area (Å²) >= 11 is 1.71. The monoisotopic (exact) mass is 310 g/mol. The zero-order chi connectivity index (χ0) is 15.9. The van der Waals surface area contributed by atoms with Crippen LogP contribution in [0.3, 0.4) is 0 Å². The number of allylic oxidation sites excluding steroid dienone is 2. The molecular weight excluding hydrogens is 288 g/mol. The molecule has 0 fully saturated rings. The lowest BCUT2D eigenvalue weighted by Gasteiger charge is -2.11. The van der Waals surface area contributed by atoms with Crippen LogP contribution in [0.25, 0.3) is 0 Å². The second-order valence-electron chi connectivity index (χ2n) is 5.38. The van der Waals surface area contributed by atoms with Crippen molar-refractivity contribution >= 4 is 17.5 Å². The van der Waals surface area contributed by atoms with E-state index in [1.807, 2.05) is 56.3 Å². The Kier molecular flexibility index (Phi) is 6.02. The fourth-order valence-electron chi connectivity index (χ4n) is 2.27. The van der Waals surface area contributed by atoms with Crippen LogP contribution < -0.4 is 0 Å². The molecule has 0 spiro atoms. The van der Waals surface area contributed by atoms with Gasteiger partial charge < -0.3 is 0 Å². The van der Waals surface area contributed by atoms with Gasteiger partial charge in [0, 0.05) is 21.3 Å². The molecule has 22 heavy (non-hydrogen) atoms. The van der Waals surface area contributed by atoms with Gasteiger partial charge in [0.25, 0.3) is 0 Å². The molecule has 2 heteroatoms. The Morgan fingerprint density at radius 1 is 1.05 bits per heavy atom. The third kappa shape index (κ3) is 4.35. The van der Waals surface area contributed by atoms with E-state index >= 15 is 0 Å². The smallest absolute Gasteiger partial charge is 0.169 e. The molecule has 2 rings (SSSR count). The van der Waals surface area contributed by atoms with Gasteiger partial charge in [-0.3, -0.25) is 4.79 Å². The highest BCUT2D eigenvalue weighted by atomic mass is 32.2. The number of benzene rings is 2. The fourth-order valence-corrected chi connectivity index (χ4v) is 3.10. The second kappa shape index (κ2) is 8.00. The summed E-state index contributed by atoms with van der Waals surface area (Å²) in [5.74, 6) is 0.144. The number of carbonyl (C=O) groups is 1. The predicted molar refractivity (Wildman–Crippen MR) is 94.5 cm³/mol. The molecule has 0 radical (unpaired) electrons. The highest BCUT2D eigenvalue weighted by Crippen LogP contribution is 2.28. The van der Waals surface area contributed by atoms with Crippen molar-refractivity contribution in [3.63, 3.8) is 0 Å². The number of carbonyl (C=O) groups excluding carboxylic acids is 1. The second-order valence-corrected chi connectivity index (χ2v) is 6.53. The van der Waals surface area contributed by atoms with Crippen molar-refractivity contribution in [3.05, 3.63) is 71.8 Å². The number of Topliss-reactive ketones (excluding diaryl/α,β-unsaturated/α-hetero) is 1. The van der Waals surface area contributed by atoms with E-state index in [0.717, 1.165) is 22.5 Å². The maximum atomic E-state index is 12.5. The normalized spacial score (nSPS) is 13.0. The first-order valence-electron chi connectivity index (χ1n) is 7.65. The van der Waals surface area contributed by atoms with Crippen molar-refractivity contribution in [2.24, 2.45) is 5.92 Å². The van der Waals surface area contributed by atoms with E-state index in [9.17, 15) is 4.79 Å². The predicted octanol–water partition coefficient (Wildman–Crippen LogP) is 6.01. The van der Waals surface area contributed by atoms with Crippen LogP contribution in [0.2, 0.25) is 0 Å². The van der Waals surface area contributed by atoms with Gasteiger partial charge in [0.15, 0.2) is 5.78 Å². The summed E-state index contributed by atoms with van der Waals surface area (Å²) in [6.07, 6.45) is 3.10. The van der Waals surface area contributed by atoms with Crippen LogP contribution in [0.4, 0.5) is 0 Å². The quantitative estimate of drug-likeness (QED) is 0.480. The molecule has 0 bridgehead atoms. The molecule has 114 valence electrons. The molecule has 0 N–H and O–H groups in total. The van der Waals surface area contributed by atoms with Crippen molar-refractivity contribution in [3.8, 4) is 0 Å². The Balaban J connectivity index is 2.08. The van der Waals surface area contributed by atoms with E-state index in [1.54, 1.807) is 11.8 Å². The molecule has 0 heterocycles. The summed E-state index contributed by atoms with van der Waals surface area (Å²) in [6, 6.07) is 18.2. The van der Waals surface area contributed by atoms with Gasteiger partial charge in [-0.1, -0.05) is 67.6 Å². The lowest BCUT2D eigenvalue weighted by Crippen LogP contribution is -2.12. The van der Waals surface area contributed by atoms with Crippen LogP contribution in [0.1, 0.15) is 37.6 Å². The summed E-state index contributed by atoms with van der Waals surface area (Å²) in [7, 11) is 0. The summed E-state index contributed by atoms with van der Waals surface area (Å²) < 4.78 is 0. The molecule has 0 amide bonds. The van der Waals surface area contributed by atoms with Gasteiger partial charge in [-0.25, -0.2) is 0 Å². The third-order valence-corrected chi connectivity index (χ3v) is 4.74. The van der Waals surface area contributed by atoms with Crippen molar-refractivity contribution in [2.75, 3.05) is 0 Å². The Morgan fingerprint density at radius 2 is 1.64 bits per heavy atom. The first-order chi connectivity index (χ1) is 10.6. The SMILES string of the molecule is CC/C=C(/C)C(C)C(=O)c1ccc(Sc2ccccc2)cc1. The molecule has 2 aromatic rings. The molecule has 0 aromatic heterocycles. The van der Waals surface area contributed by atoms with Gasteiger partial charge in [-0.15, -0.1) is 0 Å². The van der Waals surface area contributed by atoms with E-state index in [4.69, 9.17) is 0 Å².